The highest BCUT2D eigenvalue weighted by molar-refractivity contribution is 6.29. The first kappa shape index (κ1) is 8.02. The molecule has 0 unspecified atom stereocenters. The lowest BCUT2D eigenvalue weighted by atomic mass is 10.2. The third-order valence-electron chi connectivity index (χ3n) is 1.68. The fraction of sp³-hybridized carbons (Fsp3) is 0. The molecule has 0 amide bonds. The van der Waals surface area contributed by atoms with Gasteiger partial charge in [0.25, 0.3) is 0 Å². The van der Waals surface area contributed by atoms with Crippen LogP contribution in [0, 0.1) is 17.1 Å². The Balaban J connectivity index is 2.87. The van der Waals surface area contributed by atoms with Crippen LogP contribution < -0.4 is 0 Å². The van der Waals surface area contributed by atoms with Crippen molar-refractivity contribution in [1.82, 2.24) is 9.97 Å². The van der Waals surface area contributed by atoms with Crippen LogP contribution in [0.3, 0.4) is 0 Å². The number of nitrogens with zero attached hydrogens (tertiary/aromatic N) is 2. The van der Waals surface area contributed by atoms with Crippen molar-refractivity contribution in [2.45, 2.75) is 0 Å². The van der Waals surface area contributed by atoms with Crippen molar-refractivity contribution in [2.75, 3.05) is 0 Å². The Kier molecular flexibility index (Phi) is 1.67. The van der Waals surface area contributed by atoms with Gasteiger partial charge in [-0.25, -0.2) is 9.37 Å². The number of halogens is 2. The van der Waals surface area contributed by atoms with E-state index in [0.717, 1.165) is 0 Å². The smallest absolute Gasteiger partial charge is 0.201 e. The fourth-order valence-electron chi connectivity index (χ4n) is 1.10. The molecule has 1 aromatic heterocycles. The molecule has 0 spiro atoms. The zero-order valence-corrected chi connectivity index (χ0v) is 7.06. The first-order chi connectivity index (χ1) is 6.22. The molecule has 2 aromatic rings. The minimum Gasteiger partial charge on any atom is -0.328 e. The molecule has 1 heterocycles. The Labute approximate surface area is 77.8 Å². The number of benzene rings is 1. The normalized spacial score (nSPS) is 10.2. The number of aromatic amines is 1. The van der Waals surface area contributed by atoms with Crippen LogP contribution in [0.2, 0.25) is 5.28 Å². The highest BCUT2D eigenvalue weighted by Crippen LogP contribution is 2.20. The Bertz CT molecular complexity index is 512. The molecule has 0 aliphatic heterocycles. The standard InChI is InChI=1S/C8H3ClFN3/c9-8-12-5-2-1-4(3-11)6(10)7(5)13-8/h1-2H,(H,12,13). The van der Waals surface area contributed by atoms with Gasteiger partial charge < -0.3 is 4.98 Å². The molecule has 0 atom stereocenters. The molecule has 64 valence electrons. The first-order valence-corrected chi connectivity index (χ1v) is 3.84. The number of fused-ring (bicyclic) bond motifs is 1. The summed E-state index contributed by atoms with van der Waals surface area (Å²) in [6, 6.07) is 4.67. The number of hydrogen-bond acceptors (Lipinski definition) is 2. The van der Waals surface area contributed by atoms with E-state index in [9.17, 15) is 4.39 Å². The van der Waals surface area contributed by atoms with Crippen molar-refractivity contribution in [3.63, 3.8) is 0 Å². The van der Waals surface area contributed by atoms with Gasteiger partial charge in [-0.15, -0.1) is 0 Å². The fourth-order valence-corrected chi connectivity index (χ4v) is 1.28. The zero-order chi connectivity index (χ0) is 9.42. The average Bonchev–Trinajstić information content (AvgIpc) is 2.47. The summed E-state index contributed by atoms with van der Waals surface area (Å²) in [6.07, 6.45) is 0. The lowest BCUT2D eigenvalue weighted by Crippen LogP contribution is -1.84. The third kappa shape index (κ3) is 1.14. The van der Waals surface area contributed by atoms with Crippen LogP contribution in [0.25, 0.3) is 11.0 Å². The van der Waals surface area contributed by atoms with E-state index >= 15 is 0 Å². The van der Waals surface area contributed by atoms with Crippen molar-refractivity contribution >= 4 is 22.6 Å². The van der Waals surface area contributed by atoms with Gasteiger partial charge in [0.2, 0.25) is 5.28 Å². The van der Waals surface area contributed by atoms with Crippen LogP contribution in [-0.4, -0.2) is 9.97 Å². The second-order valence-electron chi connectivity index (χ2n) is 2.46. The molecule has 3 nitrogen and oxygen atoms in total. The van der Waals surface area contributed by atoms with Crippen LogP contribution in [0.1, 0.15) is 5.56 Å². The maximum atomic E-state index is 13.3. The van der Waals surface area contributed by atoms with Crippen molar-refractivity contribution in [3.8, 4) is 6.07 Å². The zero-order valence-electron chi connectivity index (χ0n) is 6.31. The largest absolute Gasteiger partial charge is 0.328 e. The summed E-state index contributed by atoms with van der Waals surface area (Å²) in [5, 5.41) is 8.64. The van der Waals surface area contributed by atoms with Crippen LogP contribution in [0.5, 0.6) is 0 Å². The lowest BCUT2D eigenvalue weighted by Gasteiger charge is -1.92. The molecular weight excluding hydrogens is 193 g/mol. The van der Waals surface area contributed by atoms with E-state index in [0.29, 0.717) is 5.52 Å². The second kappa shape index (κ2) is 2.71. The molecule has 1 N–H and O–H groups in total. The van der Waals surface area contributed by atoms with Gasteiger partial charge in [0, 0.05) is 0 Å². The minimum atomic E-state index is -0.636. The second-order valence-corrected chi connectivity index (χ2v) is 2.82. The lowest BCUT2D eigenvalue weighted by molar-refractivity contribution is 0.633. The number of aromatic nitrogens is 2. The summed E-state index contributed by atoms with van der Waals surface area (Å²) in [4.78, 5) is 6.36. The maximum absolute atomic E-state index is 13.3. The third-order valence-corrected chi connectivity index (χ3v) is 1.86. The van der Waals surface area contributed by atoms with Crippen molar-refractivity contribution in [3.05, 3.63) is 28.8 Å². The number of hydrogen-bond donors (Lipinski definition) is 1. The van der Waals surface area contributed by atoms with Gasteiger partial charge in [-0.3, -0.25) is 0 Å². The number of rotatable bonds is 0. The highest BCUT2D eigenvalue weighted by atomic mass is 35.5. The van der Waals surface area contributed by atoms with Crippen LogP contribution >= 0.6 is 11.6 Å². The molecule has 0 saturated carbocycles. The monoisotopic (exact) mass is 195 g/mol. The van der Waals surface area contributed by atoms with E-state index in [2.05, 4.69) is 9.97 Å². The van der Waals surface area contributed by atoms with Crippen LogP contribution in [0.15, 0.2) is 12.1 Å². The van der Waals surface area contributed by atoms with Gasteiger partial charge in [0.1, 0.15) is 11.6 Å². The van der Waals surface area contributed by atoms with Crippen molar-refractivity contribution in [2.24, 2.45) is 0 Å². The van der Waals surface area contributed by atoms with Gasteiger partial charge in [0.15, 0.2) is 5.82 Å². The van der Waals surface area contributed by atoms with E-state index < -0.39 is 5.82 Å². The van der Waals surface area contributed by atoms with Crippen LogP contribution in [-0.2, 0) is 0 Å². The quantitative estimate of drug-likeness (QED) is 0.701. The summed E-state index contributed by atoms with van der Waals surface area (Å²) >= 11 is 5.53. The number of nitriles is 1. The molecular formula is C8H3ClFN3. The summed E-state index contributed by atoms with van der Waals surface area (Å²) in [7, 11) is 0. The van der Waals surface area contributed by atoms with Gasteiger partial charge in [-0.2, -0.15) is 5.26 Å². The van der Waals surface area contributed by atoms with Crippen molar-refractivity contribution < 1.29 is 4.39 Å². The molecule has 0 fully saturated rings. The SMILES string of the molecule is N#Cc1ccc2[nH]c(Cl)nc2c1F. The first-order valence-electron chi connectivity index (χ1n) is 3.46. The Morgan fingerprint density at radius 2 is 2.31 bits per heavy atom. The summed E-state index contributed by atoms with van der Waals surface area (Å²) in [5.74, 6) is -0.636. The van der Waals surface area contributed by atoms with Crippen molar-refractivity contribution in [1.29, 1.82) is 5.26 Å². The molecule has 5 heteroatoms. The minimum absolute atomic E-state index is 0.0318. The summed E-state index contributed by atoms with van der Waals surface area (Å²) in [5.41, 5.74) is 0.557. The van der Waals surface area contributed by atoms with E-state index in [-0.39, 0.29) is 16.4 Å². The van der Waals surface area contributed by atoms with Gasteiger partial charge in [-0.05, 0) is 23.7 Å². The maximum Gasteiger partial charge on any atom is 0.201 e. The average molecular weight is 196 g/mol. The molecule has 0 aliphatic carbocycles. The summed E-state index contributed by atoms with van der Waals surface area (Å²) < 4.78 is 13.3. The Hall–Kier alpha value is -1.60. The van der Waals surface area contributed by atoms with Gasteiger partial charge in [0.05, 0.1) is 11.1 Å². The van der Waals surface area contributed by atoms with E-state index in [1.807, 2.05) is 0 Å². The molecule has 0 radical (unpaired) electrons. The highest BCUT2D eigenvalue weighted by Gasteiger charge is 2.10. The Morgan fingerprint density at radius 1 is 1.54 bits per heavy atom. The summed E-state index contributed by atoms with van der Waals surface area (Å²) in [6.45, 7) is 0. The van der Waals surface area contributed by atoms with E-state index in [1.165, 1.54) is 6.07 Å². The number of nitrogens with one attached hydrogen (secondary N) is 1. The predicted octanol–water partition coefficient (Wildman–Crippen LogP) is 2.23. The molecule has 13 heavy (non-hydrogen) atoms. The number of imidazole rings is 1. The van der Waals surface area contributed by atoms with Gasteiger partial charge >= 0.3 is 0 Å². The number of H-pyrrole nitrogens is 1. The Morgan fingerprint density at radius 3 is 3.00 bits per heavy atom. The predicted molar refractivity (Wildman–Crippen MR) is 45.8 cm³/mol. The molecule has 2 rings (SSSR count). The van der Waals surface area contributed by atoms with Gasteiger partial charge in [-0.1, -0.05) is 0 Å². The molecule has 0 bridgehead atoms. The topological polar surface area (TPSA) is 52.5 Å². The van der Waals surface area contributed by atoms with E-state index in [4.69, 9.17) is 16.9 Å². The van der Waals surface area contributed by atoms with E-state index in [1.54, 1.807) is 12.1 Å². The van der Waals surface area contributed by atoms with Crippen LogP contribution in [0.4, 0.5) is 4.39 Å². The molecule has 1 aromatic carbocycles. The molecule has 0 saturated heterocycles. The molecule has 0 aliphatic rings.